The first-order chi connectivity index (χ1) is 13.7. The Labute approximate surface area is 171 Å². The van der Waals surface area contributed by atoms with Gasteiger partial charge in [-0.1, -0.05) is 44.2 Å². The molecule has 1 aliphatic rings. The normalized spacial score (nSPS) is 18.8. The largest absolute Gasteiger partial charge is 0.481 e. The Balaban J connectivity index is 1.66. The van der Waals surface area contributed by atoms with Crippen LogP contribution in [0.2, 0.25) is 0 Å². The van der Waals surface area contributed by atoms with E-state index in [0.29, 0.717) is 0 Å². The fourth-order valence-electron chi connectivity index (χ4n) is 4.20. The molecule has 2 N–H and O–H groups in total. The highest BCUT2D eigenvalue weighted by molar-refractivity contribution is 5.78. The number of carboxylic acids is 1. The summed E-state index contributed by atoms with van der Waals surface area (Å²) in [5.41, 5.74) is 3.77. The number of nitrogens with one attached hydrogen (secondary N) is 1. The zero-order valence-corrected chi connectivity index (χ0v) is 17.5. The molecule has 29 heavy (non-hydrogen) atoms. The lowest BCUT2D eigenvalue weighted by Crippen LogP contribution is -2.36. The maximum absolute atomic E-state index is 12.4. The molecule has 2 aromatic rings. The number of nitrogens with zero attached hydrogens (tertiary/aromatic N) is 2. The van der Waals surface area contributed by atoms with Crippen molar-refractivity contribution in [1.82, 2.24) is 15.1 Å². The Morgan fingerprint density at radius 3 is 2.52 bits per heavy atom. The van der Waals surface area contributed by atoms with Crippen molar-refractivity contribution in [2.75, 3.05) is 0 Å². The number of amides is 1. The molecular weight excluding hydrogens is 366 g/mol. The molecule has 1 aromatic carbocycles. The molecular formula is C23H29N3O3. The van der Waals surface area contributed by atoms with Crippen LogP contribution in [0.5, 0.6) is 0 Å². The van der Waals surface area contributed by atoms with E-state index < -0.39 is 11.4 Å². The molecule has 0 radical (unpaired) electrons. The zero-order valence-electron chi connectivity index (χ0n) is 17.5. The van der Waals surface area contributed by atoms with Gasteiger partial charge in [0.25, 0.3) is 0 Å². The van der Waals surface area contributed by atoms with Crippen LogP contribution in [0.4, 0.5) is 0 Å². The number of carboxylic acid groups (broad SMARTS) is 1. The first-order valence-corrected chi connectivity index (χ1v) is 9.97. The van der Waals surface area contributed by atoms with Gasteiger partial charge in [-0.05, 0) is 37.8 Å². The van der Waals surface area contributed by atoms with E-state index >= 15 is 0 Å². The molecule has 2 unspecified atom stereocenters. The Hall–Kier alpha value is -2.89. The average Bonchev–Trinajstić information content (AvgIpc) is 3.17. The van der Waals surface area contributed by atoms with Crippen LogP contribution in [0.15, 0.2) is 42.5 Å². The lowest BCUT2D eigenvalue weighted by molar-refractivity contribution is -0.139. The van der Waals surface area contributed by atoms with Gasteiger partial charge >= 0.3 is 5.97 Å². The maximum Gasteiger partial charge on any atom is 0.303 e. The Morgan fingerprint density at radius 2 is 1.86 bits per heavy atom. The summed E-state index contributed by atoms with van der Waals surface area (Å²) in [5, 5.41) is 16.8. The minimum atomic E-state index is -0.884. The molecule has 3 rings (SSSR count). The van der Waals surface area contributed by atoms with Gasteiger partial charge in [-0.2, -0.15) is 5.10 Å². The monoisotopic (exact) mass is 395 g/mol. The number of aryl methyl sites for hydroxylation is 1. The fourth-order valence-corrected chi connectivity index (χ4v) is 4.20. The van der Waals surface area contributed by atoms with Crippen LogP contribution in [0.3, 0.4) is 0 Å². The van der Waals surface area contributed by atoms with Gasteiger partial charge in [0, 0.05) is 29.6 Å². The third-order valence-electron chi connectivity index (χ3n) is 5.42. The van der Waals surface area contributed by atoms with E-state index in [4.69, 9.17) is 10.2 Å². The van der Waals surface area contributed by atoms with Crippen molar-refractivity contribution in [2.24, 2.45) is 5.41 Å². The van der Waals surface area contributed by atoms with Gasteiger partial charge in [0.15, 0.2) is 0 Å². The van der Waals surface area contributed by atoms with Crippen LogP contribution in [0.25, 0.3) is 5.69 Å². The number of rotatable bonds is 7. The number of aliphatic carboxylic acids is 1. The highest BCUT2D eigenvalue weighted by atomic mass is 16.4. The third kappa shape index (κ3) is 4.94. The van der Waals surface area contributed by atoms with Crippen molar-refractivity contribution in [2.45, 2.75) is 58.9 Å². The molecule has 0 saturated carbocycles. The fraction of sp³-hybridized carbons (Fsp3) is 0.435. The molecule has 0 bridgehead atoms. The van der Waals surface area contributed by atoms with E-state index in [0.717, 1.165) is 23.5 Å². The number of allylic oxidation sites excluding steroid dienone is 1. The summed E-state index contributed by atoms with van der Waals surface area (Å²) in [7, 11) is 0. The second kappa shape index (κ2) is 8.23. The Morgan fingerprint density at radius 1 is 1.17 bits per heavy atom. The lowest BCUT2D eigenvalue weighted by atomic mass is 9.85. The number of aromatic nitrogens is 2. The summed E-state index contributed by atoms with van der Waals surface area (Å²) in [6.07, 6.45) is 5.12. The Bertz CT molecular complexity index is 928. The SMILES string of the molecule is Cc1nn(-c2ccccc2)c(C)c1C1C=CC(NC(=O)CC(C)(C)CC(=O)O)C1. The zero-order chi connectivity index (χ0) is 21.2. The topological polar surface area (TPSA) is 84.2 Å². The van der Waals surface area contributed by atoms with Crippen molar-refractivity contribution in [3.05, 3.63) is 59.4 Å². The summed E-state index contributed by atoms with van der Waals surface area (Å²) in [6, 6.07) is 10.0. The molecule has 1 heterocycles. The highest BCUT2D eigenvalue weighted by Gasteiger charge is 2.29. The summed E-state index contributed by atoms with van der Waals surface area (Å²) in [6.45, 7) is 7.71. The second-order valence-corrected chi connectivity index (χ2v) is 8.64. The summed E-state index contributed by atoms with van der Waals surface area (Å²) in [5.74, 6) is -0.797. The van der Waals surface area contributed by atoms with Gasteiger partial charge in [0.05, 0.1) is 17.8 Å². The molecule has 6 heteroatoms. The lowest BCUT2D eigenvalue weighted by Gasteiger charge is -2.23. The molecule has 0 aliphatic heterocycles. The first kappa shape index (κ1) is 20.8. The second-order valence-electron chi connectivity index (χ2n) is 8.64. The molecule has 1 amide bonds. The molecule has 0 spiro atoms. The molecule has 154 valence electrons. The van der Waals surface area contributed by atoms with Crippen LogP contribution in [0, 0.1) is 19.3 Å². The third-order valence-corrected chi connectivity index (χ3v) is 5.42. The summed E-state index contributed by atoms with van der Waals surface area (Å²) < 4.78 is 1.97. The van der Waals surface area contributed by atoms with Gasteiger partial charge in [-0.15, -0.1) is 0 Å². The van der Waals surface area contributed by atoms with Crippen LogP contribution in [-0.2, 0) is 9.59 Å². The molecule has 1 aromatic heterocycles. The van der Waals surface area contributed by atoms with Gasteiger partial charge < -0.3 is 10.4 Å². The first-order valence-electron chi connectivity index (χ1n) is 9.97. The maximum atomic E-state index is 12.4. The van der Waals surface area contributed by atoms with Gasteiger partial charge in [-0.25, -0.2) is 4.68 Å². The smallest absolute Gasteiger partial charge is 0.303 e. The van der Waals surface area contributed by atoms with Crippen LogP contribution in [-0.4, -0.2) is 32.8 Å². The van der Waals surface area contributed by atoms with Gasteiger partial charge in [0.1, 0.15) is 0 Å². The predicted molar refractivity (Wildman–Crippen MR) is 112 cm³/mol. The minimum absolute atomic E-state index is 0.0272. The van der Waals surface area contributed by atoms with Crippen LogP contribution < -0.4 is 5.32 Å². The average molecular weight is 396 g/mol. The number of hydrogen-bond acceptors (Lipinski definition) is 3. The van der Waals surface area contributed by atoms with Crippen molar-refractivity contribution < 1.29 is 14.7 Å². The van der Waals surface area contributed by atoms with E-state index in [-0.39, 0.29) is 30.7 Å². The van der Waals surface area contributed by atoms with E-state index in [9.17, 15) is 9.59 Å². The van der Waals surface area contributed by atoms with E-state index in [1.807, 2.05) is 48.0 Å². The van der Waals surface area contributed by atoms with E-state index in [1.54, 1.807) is 13.8 Å². The van der Waals surface area contributed by atoms with Gasteiger partial charge in [-0.3, -0.25) is 9.59 Å². The summed E-state index contributed by atoms with van der Waals surface area (Å²) in [4.78, 5) is 23.4. The predicted octanol–water partition coefficient (Wildman–Crippen LogP) is 3.91. The highest BCUT2D eigenvalue weighted by Crippen LogP contribution is 2.34. The van der Waals surface area contributed by atoms with Gasteiger partial charge in [0.2, 0.25) is 5.91 Å². The standard InChI is InChI=1S/C23H29N3O3/c1-15-22(16(2)26(25-15)19-8-6-5-7-9-19)17-10-11-18(12-17)24-20(27)13-23(3,4)14-21(28)29/h5-11,17-18H,12-14H2,1-4H3,(H,24,27)(H,28,29). The quantitative estimate of drug-likeness (QED) is 0.696. The molecule has 0 fully saturated rings. The van der Waals surface area contributed by atoms with Crippen molar-refractivity contribution in [3.8, 4) is 5.69 Å². The number of para-hydroxylation sites is 1. The van der Waals surface area contributed by atoms with Crippen LogP contribution in [0.1, 0.15) is 56.0 Å². The number of carbonyl (C=O) groups is 2. The van der Waals surface area contributed by atoms with Crippen LogP contribution >= 0.6 is 0 Å². The molecule has 6 nitrogen and oxygen atoms in total. The molecule has 1 aliphatic carbocycles. The number of benzene rings is 1. The number of hydrogen-bond donors (Lipinski definition) is 2. The van der Waals surface area contributed by atoms with Crippen molar-refractivity contribution in [1.29, 1.82) is 0 Å². The van der Waals surface area contributed by atoms with E-state index in [2.05, 4.69) is 18.3 Å². The van der Waals surface area contributed by atoms with Crippen molar-refractivity contribution >= 4 is 11.9 Å². The van der Waals surface area contributed by atoms with Crippen molar-refractivity contribution in [3.63, 3.8) is 0 Å². The summed E-state index contributed by atoms with van der Waals surface area (Å²) >= 11 is 0. The minimum Gasteiger partial charge on any atom is -0.481 e. The number of carbonyl (C=O) groups excluding carboxylic acids is 1. The Kier molecular flexibility index (Phi) is 5.91. The molecule has 2 atom stereocenters. The van der Waals surface area contributed by atoms with E-state index in [1.165, 1.54) is 5.56 Å². The molecule has 0 saturated heterocycles.